The summed E-state index contributed by atoms with van der Waals surface area (Å²) in [5.41, 5.74) is 0.801. The molecule has 1 aliphatic rings. The fourth-order valence-electron chi connectivity index (χ4n) is 3.21. The summed E-state index contributed by atoms with van der Waals surface area (Å²) in [6.07, 6.45) is 1.48. The molecule has 1 fully saturated rings. The zero-order valence-electron chi connectivity index (χ0n) is 14.2. The number of hydrogen-bond acceptors (Lipinski definition) is 4. The van der Waals surface area contributed by atoms with Gasteiger partial charge in [0.1, 0.15) is 12.6 Å². The van der Waals surface area contributed by atoms with Crippen LogP contribution in [-0.4, -0.2) is 40.3 Å². The predicted octanol–water partition coefficient (Wildman–Crippen LogP) is 2.00. The summed E-state index contributed by atoms with van der Waals surface area (Å²) in [5.74, 6) is -0.126. The fourth-order valence-corrected chi connectivity index (χ4v) is 3.21. The zero-order valence-corrected chi connectivity index (χ0v) is 14.2. The number of aromatic nitrogens is 2. The molecular formula is C20H19N3O3. The third kappa shape index (κ3) is 3.23. The van der Waals surface area contributed by atoms with E-state index in [-0.39, 0.29) is 24.1 Å². The Bertz CT molecular complexity index is 984. The lowest BCUT2D eigenvalue weighted by Crippen LogP contribution is -2.44. The highest BCUT2D eigenvalue weighted by Crippen LogP contribution is 2.22. The van der Waals surface area contributed by atoms with E-state index in [1.54, 1.807) is 17.2 Å². The maximum absolute atomic E-state index is 12.7. The average molecular weight is 349 g/mol. The molecule has 0 spiro atoms. The van der Waals surface area contributed by atoms with Crippen molar-refractivity contribution in [2.45, 2.75) is 12.6 Å². The Kier molecular flexibility index (Phi) is 4.50. The van der Waals surface area contributed by atoms with Gasteiger partial charge >= 0.3 is 0 Å². The summed E-state index contributed by atoms with van der Waals surface area (Å²) in [5, 5.41) is 5.49. The maximum atomic E-state index is 12.7. The van der Waals surface area contributed by atoms with Gasteiger partial charge in [0.05, 0.1) is 24.7 Å². The highest BCUT2D eigenvalue weighted by Gasteiger charge is 2.25. The van der Waals surface area contributed by atoms with Gasteiger partial charge < -0.3 is 9.64 Å². The molecule has 0 bridgehead atoms. The number of nitrogens with zero attached hydrogens (tertiary/aromatic N) is 3. The quantitative estimate of drug-likeness (QED) is 0.725. The van der Waals surface area contributed by atoms with Crippen molar-refractivity contribution < 1.29 is 9.53 Å². The van der Waals surface area contributed by atoms with E-state index in [4.69, 9.17) is 4.74 Å². The number of morpholine rings is 1. The standard InChI is InChI=1S/C20H19N3O3/c24-19(14-23-20(25)17-9-5-4-8-16(17)12-21-23)22-10-11-26-18(13-22)15-6-2-1-3-7-15/h1-9,12,18H,10-11,13-14H2. The summed E-state index contributed by atoms with van der Waals surface area (Å²) < 4.78 is 7.03. The van der Waals surface area contributed by atoms with E-state index < -0.39 is 0 Å². The third-order valence-electron chi connectivity index (χ3n) is 4.64. The highest BCUT2D eigenvalue weighted by atomic mass is 16.5. The second kappa shape index (κ2) is 7.09. The number of benzene rings is 2. The van der Waals surface area contributed by atoms with Gasteiger partial charge in [-0.05, 0) is 11.6 Å². The van der Waals surface area contributed by atoms with Crippen molar-refractivity contribution >= 4 is 16.7 Å². The summed E-state index contributed by atoms with van der Waals surface area (Å²) in [6, 6.07) is 17.1. The lowest BCUT2D eigenvalue weighted by molar-refractivity contribution is -0.139. The Labute approximate surface area is 150 Å². The van der Waals surface area contributed by atoms with Crippen LogP contribution in [0.15, 0.2) is 65.6 Å². The van der Waals surface area contributed by atoms with E-state index in [2.05, 4.69) is 5.10 Å². The summed E-state index contributed by atoms with van der Waals surface area (Å²) >= 11 is 0. The molecule has 1 aromatic heterocycles. The van der Waals surface area contributed by atoms with Crippen LogP contribution in [0.4, 0.5) is 0 Å². The molecule has 1 amide bonds. The van der Waals surface area contributed by atoms with Crippen LogP contribution in [0.5, 0.6) is 0 Å². The molecule has 1 saturated heterocycles. The first-order chi connectivity index (χ1) is 12.7. The number of amides is 1. The molecule has 1 unspecified atom stereocenters. The van der Waals surface area contributed by atoms with Gasteiger partial charge in [0.25, 0.3) is 5.56 Å². The van der Waals surface area contributed by atoms with E-state index in [1.807, 2.05) is 48.5 Å². The Morgan fingerprint density at radius 2 is 1.88 bits per heavy atom. The highest BCUT2D eigenvalue weighted by molar-refractivity contribution is 5.81. The Morgan fingerprint density at radius 1 is 1.12 bits per heavy atom. The molecule has 26 heavy (non-hydrogen) atoms. The van der Waals surface area contributed by atoms with Crippen LogP contribution in [0.2, 0.25) is 0 Å². The minimum atomic E-state index is -0.246. The first-order valence-corrected chi connectivity index (χ1v) is 8.61. The van der Waals surface area contributed by atoms with Gasteiger partial charge in [-0.3, -0.25) is 9.59 Å². The van der Waals surface area contributed by atoms with Crippen molar-refractivity contribution in [2.24, 2.45) is 0 Å². The molecule has 0 aliphatic carbocycles. The molecule has 0 radical (unpaired) electrons. The van der Waals surface area contributed by atoms with E-state index >= 15 is 0 Å². The van der Waals surface area contributed by atoms with E-state index in [9.17, 15) is 9.59 Å². The molecule has 2 aromatic carbocycles. The van der Waals surface area contributed by atoms with Crippen molar-refractivity contribution in [3.8, 4) is 0 Å². The minimum absolute atomic E-state index is 0.0643. The van der Waals surface area contributed by atoms with E-state index in [0.29, 0.717) is 25.1 Å². The number of fused-ring (bicyclic) bond motifs is 1. The van der Waals surface area contributed by atoms with Crippen LogP contribution in [-0.2, 0) is 16.1 Å². The van der Waals surface area contributed by atoms with Crippen molar-refractivity contribution in [2.75, 3.05) is 19.7 Å². The second-order valence-electron chi connectivity index (χ2n) is 6.30. The molecule has 132 valence electrons. The fraction of sp³-hybridized carbons (Fsp3) is 0.250. The van der Waals surface area contributed by atoms with Crippen LogP contribution >= 0.6 is 0 Å². The molecule has 1 atom stereocenters. The van der Waals surface area contributed by atoms with Gasteiger partial charge in [0.15, 0.2) is 0 Å². The number of carbonyl (C=O) groups is 1. The second-order valence-corrected chi connectivity index (χ2v) is 6.30. The molecule has 0 saturated carbocycles. The van der Waals surface area contributed by atoms with Gasteiger partial charge in [-0.25, -0.2) is 4.68 Å². The summed E-state index contributed by atoms with van der Waals surface area (Å²) in [7, 11) is 0. The van der Waals surface area contributed by atoms with Crippen LogP contribution in [0.3, 0.4) is 0 Å². The number of ether oxygens (including phenoxy) is 1. The molecule has 0 N–H and O–H groups in total. The lowest BCUT2D eigenvalue weighted by Gasteiger charge is -2.33. The smallest absolute Gasteiger partial charge is 0.275 e. The number of rotatable bonds is 3. The third-order valence-corrected chi connectivity index (χ3v) is 4.64. The van der Waals surface area contributed by atoms with Crippen molar-refractivity contribution in [1.82, 2.24) is 14.7 Å². The lowest BCUT2D eigenvalue weighted by atomic mass is 10.1. The molecular weight excluding hydrogens is 330 g/mol. The summed E-state index contributed by atoms with van der Waals surface area (Å²) in [6.45, 7) is 1.41. The predicted molar refractivity (Wildman–Crippen MR) is 97.7 cm³/mol. The van der Waals surface area contributed by atoms with Gasteiger partial charge in [-0.2, -0.15) is 5.10 Å². The number of carbonyl (C=O) groups excluding carboxylic acids is 1. The summed E-state index contributed by atoms with van der Waals surface area (Å²) in [4.78, 5) is 27.0. The van der Waals surface area contributed by atoms with Gasteiger partial charge in [-0.15, -0.1) is 0 Å². The maximum Gasteiger partial charge on any atom is 0.275 e. The average Bonchev–Trinajstić information content (AvgIpc) is 2.71. The normalized spacial score (nSPS) is 17.4. The van der Waals surface area contributed by atoms with Crippen LogP contribution in [0, 0.1) is 0 Å². The van der Waals surface area contributed by atoms with Crippen LogP contribution in [0.25, 0.3) is 10.8 Å². The Morgan fingerprint density at radius 3 is 2.73 bits per heavy atom. The molecule has 6 heteroatoms. The molecule has 1 aliphatic heterocycles. The topological polar surface area (TPSA) is 64.4 Å². The molecule has 6 nitrogen and oxygen atoms in total. The van der Waals surface area contributed by atoms with E-state index in [1.165, 1.54) is 4.68 Å². The van der Waals surface area contributed by atoms with Crippen LogP contribution in [0.1, 0.15) is 11.7 Å². The minimum Gasteiger partial charge on any atom is -0.370 e. The van der Waals surface area contributed by atoms with Crippen molar-refractivity contribution in [1.29, 1.82) is 0 Å². The van der Waals surface area contributed by atoms with E-state index in [0.717, 1.165) is 10.9 Å². The molecule has 3 aromatic rings. The largest absolute Gasteiger partial charge is 0.370 e. The van der Waals surface area contributed by atoms with Gasteiger partial charge in [0.2, 0.25) is 5.91 Å². The number of hydrogen-bond donors (Lipinski definition) is 0. The monoisotopic (exact) mass is 349 g/mol. The molecule has 2 heterocycles. The Balaban J connectivity index is 1.51. The molecule has 4 rings (SSSR count). The first kappa shape index (κ1) is 16.5. The SMILES string of the molecule is O=C(Cn1ncc2ccccc2c1=O)N1CCOC(c2ccccc2)C1. The zero-order chi connectivity index (χ0) is 17.9. The van der Waals surface area contributed by atoms with Gasteiger partial charge in [0, 0.05) is 11.9 Å². The van der Waals surface area contributed by atoms with Crippen molar-refractivity contribution in [3.05, 3.63) is 76.7 Å². The van der Waals surface area contributed by atoms with Crippen molar-refractivity contribution in [3.63, 3.8) is 0 Å². The first-order valence-electron chi connectivity index (χ1n) is 8.61. The Hall–Kier alpha value is -2.99. The van der Waals surface area contributed by atoms with Crippen LogP contribution < -0.4 is 5.56 Å². The van der Waals surface area contributed by atoms with Gasteiger partial charge in [-0.1, -0.05) is 48.5 Å².